The van der Waals surface area contributed by atoms with Crippen molar-refractivity contribution in [3.8, 4) is 0 Å². The second kappa shape index (κ2) is 6.27. The molecule has 0 unspecified atom stereocenters. The summed E-state index contributed by atoms with van der Waals surface area (Å²) < 4.78 is 4.53. The van der Waals surface area contributed by atoms with Crippen molar-refractivity contribution in [2.75, 3.05) is 7.11 Å². The van der Waals surface area contributed by atoms with Gasteiger partial charge in [-0.3, -0.25) is 4.79 Å². The maximum atomic E-state index is 11.5. The van der Waals surface area contributed by atoms with E-state index < -0.39 is 6.09 Å². The van der Waals surface area contributed by atoms with Gasteiger partial charge < -0.3 is 10.1 Å². The number of hydrogen-bond donors (Lipinski definition) is 2. The molecule has 1 aliphatic rings. The van der Waals surface area contributed by atoms with Gasteiger partial charge in [0.05, 0.1) is 7.11 Å². The van der Waals surface area contributed by atoms with Gasteiger partial charge >= 0.3 is 6.09 Å². The molecule has 0 spiro atoms. The lowest BCUT2D eigenvalue weighted by Crippen LogP contribution is -2.44. The van der Waals surface area contributed by atoms with Crippen molar-refractivity contribution in [2.24, 2.45) is 5.92 Å². The lowest BCUT2D eigenvalue weighted by molar-refractivity contribution is -0.115. The van der Waals surface area contributed by atoms with Crippen molar-refractivity contribution in [3.05, 3.63) is 0 Å². The molecule has 1 aliphatic carbocycles. The van der Waals surface area contributed by atoms with Crippen LogP contribution in [0.25, 0.3) is 0 Å². The molecule has 0 bridgehead atoms. The van der Waals surface area contributed by atoms with Crippen molar-refractivity contribution in [1.29, 1.82) is 0 Å². The zero-order chi connectivity index (χ0) is 11.3. The number of methoxy groups -OCH3 is 1. The first-order valence-electron chi connectivity index (χ1n) is 4.88. The third-order valence-electron chi connectivity index (χ3n) is 2.65. The zero-order valence-corrected chi connectivity index (χ0v) is 10.3. The van der Waals surface area contributed by atoms with Gasteiger partial charge in [-0.05, 0) is 23.6 Å². The SMILES string of the molecule is COC(=O)N[C@@H]1CCCC[C@@H]1C(=O)SS. The summed E-state index contributed by atoms with van der Waals surface area (Å²) in [7, 11) is 2.25. The molecular weight excluding hydrogens is 234 g/mol. The van der Waals surface area contributed by atoms with Crippen LogP contribution in [0.4, 0.5) is 4.79 Å². The first kappa shape index (κ1) is 12.7. The first-order chi connectivity index (χ1) is 7.19. The Kier molecular flexibility index (Phi) is 5.31. The number of carbonyl (C=O) groups is 2. The molecule has 1 amide bonds. The molecule has 1 N–H and O–H groups in total. The Hall–Kier alpha value is -0.360. The van der Waals surface area contributed by atoms with Gasteiger partial charge in [0.1, 0.15) is 0 Å². The van der Waals surface area contributed by atoms with E-state index >= 15 is 0 Å². The van der Waals surface area contributed by atoms with Gasteiger partial charge in [-0.25, -0.2) is 4.79 Å². The number of ether oxygens (including phenoxy) is 1. The smallest absolute Gasteiger partial charge is 0.407 e. The van der Waals surface area contributed by atoms with Crippen LogP contribution >= 0.6 is 22.5 Å². The highest BCUT2D eigenvalue weighted by atomic mass is 33.1. The van der Waals surface area contributed by atoms with Gasteiger partial charge in [-0.2, -0.15) is 0 Å². The molecule has 15 heavy (non-hydrogen) atoms. The average molecular weight is 249 g/mol. The van der Waals surface area contributed by atoms with Crippen LogP contribution < -0.4 is 5.32 Å². The molecule has 1 fully saturated rings. The van der Waals surface area contributed by atoms with E-state index in [-0.39, 0.29) is 17.1 Å². The summed E-state index contributed by atoms with van der Waals surface area (Å²) in [4.78, 5) is 22.6. The van der Waals surface area contributed by atoms with Crippen LogP contribution in [0.15, 0.2) is 0 Å². The maximum Gasteiger partial charge on any atom is 0.407 e. The third-order valence-corrected chi connectivity index (χ3v) is 3.67. The number of rotatable bonds is 2. The summed E-state index contributed by atoms with van der Waals surface area (Å²) in [5.41, 5.74) is 0. The van der Waals surface area contributed by atoms with Gasteiger partial charge in [0.2, 0.25) is 5.12 Å². The summed E-state index contributed by atoms with van der Waals surface area (Å²) in [6.07, 6.45) is 3.25. The average Bonchev–Trinajstić information content (AvgIpc) is 2.28. The van der Waals surface area contributed by atoms with Gasteiger partial charge in [0.15, 0.2) is 0 Å². The molecule has 1 rings (SSSR count). The highest BCUT2D eigenvalue weighted by molar-refractivity contribution is 8.74. The summed E-state index contributed by atoms with van der Waals surface area (Å²) in [5.74, 6) is -0.125. The Balaban J connectivity index is 2.57. The van der Waals surface area contributed by atoms with Crippen molar-refractivity contribution < 1.29 is 14.3 Å². The Morgan fingerprint density at radius 1 is 1.40 bits per heavy atom. The topological polar surface area (TPSA) is 55.4 Å². The fourth-order valence-corrected chi connectivity index (χ4v) is 2.69. The lowest BCUT2D eigenvalue weighted by Gasteiger charge is -2.29. The van der Waals surface area contributed by atoms with Crippen molar-refractivity contribution in [2.45, 2.75) is 31.7 Å². The number of carbonyl (C=O) groups excluding carboxylic acids is 2. The Morgan fingerprint density at radius 2 is 2.07 bits per heavy atom. The van der Waals surface area contributed by atoms with Crippen LogP contribution in [0.3, 0.4) is 0 Å². The van der Waals surface area contributed by atoms with Gasteiger partial charge in [-0.15, -0.1) is 11.7 Å². The van der Waals surface area contributed by atoms with E-state index in [1.807, 2.05) is 0 Å². The molecule has 0 radical (unpaired) electrons. The molecule has 1 saturated carbocycles. The monoisotopic (exact) mass is 249 g/mol. The number of thiol groups is 1. The minimum absolute atomic E-state index is 0.0273. The number of nitrogens with one attached hydrogen (secondary N) is 1. The Bertz CT molecular complexity index is 248. The molecular formula is C9H15NO3S2. The number of alkyl carbamates (subject to hydrolysis) is 1. The summed E-state index contributed by atoms with van der Waals surface area (Å²) in [6, 6.07) is -0.0988. The van der Waals surface area contributed by atoms with Gasteiger partial charge in [0, 0.05) is 12.0 Å². The summed E-state index contributed by atoms with van der Waals surface area (Å²) in [6.45, 7) is 0. The molecule has 6 heteroatoms. The van der Waals surface area contributed by atoms with Crippen LogP contribution in [0.1, 0.15) is 25.7 Å². The largest absolute Gasteiger partial charge is 0.453 e. The number of hydrogen-bond acceptors (Lipinski definition) is 5. The summed E-state index contributed by atoms with van der Waals surface area (Å²) >= 11 is 3.90. The predicted octanol–water partition coefficient (Wildman–Crippen LogP) is 2.01. The second-order valence-electron chi connectivity index (χ2n) is 3.54. The normalized spacial score (nSPS) is 25.7. The Labute approximate surface area is 98.3 Å². The van der Waals surface area contributed by atoms with Crippen molar-refractivity contribution in [3.63, 3.8) is 0 Å². The van der Waals surface area contributed by atoms with Crippen LogP contribution in [0.5, 0.6) is 0 Å². The van der Waals surface area contributed by atoms with Crippen LogP contribution in [-0.2, 0) is 9.53 Å². The fraction of sp³-hybridized carbons (Fsp3) is 0.778. The third kappa shape index (κ3) is 3.61. The Morgan fingerprint density at radius 3 is 2.67 bits per heavy atom. The minimum Gasteiger partial charge on any atom is -0.453 e. The van der Waals surface area contributed by atoms with Crippen LogP contribution in [0.2, 0.25) is 0 Å². The van der Waals surface area contributed by atoms with E-state index in [1.54, 1.807) is 0 Å². The quantitative estimate of drug-likeness (QED) is 0.580. The van der Waals surface area contributed by atoms with Gasteiger partial charge in [-0.1, -0.05) is 12.8 Å². The minimum atomic E-state index is -0.469. The van der Waals surface area contributed by atoms with Crippen molar-refractivity contribution in [1.82, 2.24) is 5.32 Å². The molecule has 0 saturated heterocycles. The van der Waals surface area contributed by atoms with E-state index in [1.165, 1.54) is 7.11 Å². The molecule has 2 atom stereocenters. The predicted molar refractivity (Wildman–Crippen MR) is 62.9 cm³/mol. The maximum absolute atomic E-state index is 11.5. The second-order valence-corrected chi connectivity index (χ2v) is 4.68. The first-order valence-corrected chi connectivity index (χ1v) is 6.75. The molecule has 0 heterocycles. The van der Waals surface area contributed by atoms with E-state index in [4.69, 9.17) is 0 Å². The van der Waals surface area contributed by atoms with E-state index in [0.717, 1.165) is 36.5 Å². The molecule has 0 aliphatic heterocycles. The molecule has 86 valence electrons. The molecule has 0 aromatic heterocycles. The van der Waals surface area contributed by atoms with Gasteiger partial charge in [0.25, 0.3) is 0 Å². The van der Waals surface area contributed by atoms with Crippen LogP contribution in [0, 0.1) is 5.92 Å². The van der Waals surface area contributed by atoms with E-state index in [2.05, 4.69) is 21.7 Å². The fourth-order valence-electron chi connectivity index (χ4n) is 1.86. The molecule has 0 aromatic carbocycles. The van der Waals surface area contributed by atoms with Crippen molar-refractivity contribution >= 4 is 33.7 Å². The molecule has 4 nitrogen and oxygen atoms in total. The summed E-state index contributed by atoms with van der Waals surface area (Å²) in [5, 5.41) is 2.73. The highest BCUT2D eigenvalue weighted by Gasteiger charge is 2.31. The van der Waals surface area contributed by atoms with Crippen LogP contribution in [-0.4, -0.2) is 24.4 Å². The zero-order valence-electron chi connectivity index (χ0n) is 8.56. The molecule has 0 aromatic rings. The highest BCUT2D eigenvalue weighted by Crippen LogP contribution is 2.29. The van der Waals surface area contributed by atoms with E-state index in [0.29, 0.717) is 0 Å². The van der Waals surface area contributed by atoms with E-state index in [9.17, 15) is 9.59 Å². The number of amides is 1. The standard InChI is InChI=1S/C9H15NO3S2/c1-13-9(12)10-7-5-3-2-4-6(7)8(11)15-14/h6-7,14H,2-5H2,1H3,(H,10,12)/t6-,7+/m0/s1. The lowest BCUT2D eigenvalue weighted by atomic mass is 9.85.